The molecule has 104 valence electrons. The fraction of sp³-hybridized carbons (Fsp3) is 0.200. The van der Waals surface area contributed by atoms with Crippen molar-refractivity contribution in [2.75, 3.05) is 11.9 Å². The highest BCUT2D eigenvalue weighted by Gasteiger charge is 2.07. The largest absolute Gasteiger partial charge is 0.494 e. The van der Waals surface area contributed by atoms with Gasteiger partial charge in [-0.25, -0.2) is 4.98 Å². The van der Waals surface area contributed by atoms with Crippen LogP contribution in [0.3, 0.4) is 0 Å². The highest BCUT2D eigenvalue weighted by Crippen LogP contribution is 2.15. The van der Waals surface area contributed by atoms with Crippen LogP contribution in [0.25, 0.3) is 0 Å². The molecule has 1 heterocycles. The van der Waals surface area contributed by atoms with Crippen LogP contribution in [0, 0.1) is 10.5 Å². The molecule has 0 saturated heterocycles. The van der Waals surface area contributed by atoms with Crippen LogP contribution in [-0.4, -0.2) is 17.5 Å². The van der Waals surface area contributed by atoms with Gasteiger partial charge in [0.2, 0.25) is 0 Å². The lowest BCUT2D eigenvalue weighted by molar-refractivity contribution is 0.102. The van der Waals surface area contributed by atoms with Gasteiger partial charge in [0, 0.05) is 9.13 Å². The summed E-state index contributed by atoms with van der Waals surface area (Å²) in [5.74, 6) is 1.13. The van der Waals surface area contributed by atoms with Crippen molar-refractivity contribution in [3.05, 3.63) is 51.2 Å². The molecule has 0 bridgehead atoms. The van der Waals surface area contributed by atoms with Crippen LogP contribution in [-0.2, 0) is 0 Å². The third kappa shape index (κ3) is 3.69. The predicted molar refractivity (Wildman–Crippen MR) is 87.3 cm³/mol. The summed E-state index contributed by atoms with van der Waals surface area (Å²) in [6.45, 7) is 4.44. The summed E-state index contributed by atoms with van der Waals surface area (Å²) in [5.41, 5.74) is 1.47. The summed E-state index contributed by atoms with van der Waals surface area (Å²) >= 11 is 2.21. The zero-order valence-electron chi connectivity index (χ0n) is 11.3. The van der Waals surface area contributed by atoms with Gasteiger partial charge in [-0.05, 0) is 72.8 Å². The maximum atomic E-state index is 12.1. The van der Waals surface area contributed by atoms with E-state index in [0.29, 0.717) is 18.0 Å². The standard InChI is InChI=1S/C15H15IN2O2/c1-3-20-12-6-4-11(5-7-12)15(19)18-14-9-8-13(16)10(2)17-14/h4-9H,3H2,1-2H3,(H,17,18,19). The Morgan fingerprint density at radius 1 is 1.25 bits per heavy atom. The molecule has 0 aliphatic rings. The van der Waals surface area contributed by atoms with E-state index >= 15 is 0 Å². The molecule has 2 aromatic rings. The molecule has 0 spiro atoms. The van der Waals surface area contributed by atoms with Gasteiger partial charge in [-0.2, -0.15) is 0 Å². The maximum absolute atomic E-state index is 12.1. The number of anilines is 1. The molecule has 0 aliphatic heterocycles. The second kappa shape index (κ2) is 6.69. The van der Waals surface area contributed by atoms with Crippen LogP contribution in [0.15, 0.2) is 36.4 Å². The molecule has 0 aliphatic carbocycles. The lowest BCUT2D eigenvalue weighted by atomic mass is 10.2. The molecule has 0 atom stereocenters. The van der Waals surface area contributed by atoms with Crippen LogP contribution < -0.4 is 10.1 Å². The molecule has 1 aromatic carbocycles. The van der Waals surface area contributed by atoms with Gasteiger partial charge in [0.05, 0.1) is 12.3 Å². The molecule has 4 nitrogen and oxygen atoms in total. The Labute approximate surface area is 131 Å². The Hall–Kier alpha value is -1.63. The van der Waals surface area contributed by atoms with Crippen molar-refractivity contribution in [3.63, 3.8) is 0 Å². The molecule has 0 fully saturated rings. The summed E-state index contributed by atoms with van der Waals surface area (Å²) in [7, 11) is 0. The van der Waals surface area contributed by atoms with E-state index in [1.54, 1.807) is 30.3 Å². The van der Waals surface area contributed by atoms with E-state index in [2.05, 4.69) is 32.9 Å². The van der Waals surface area contributed by atoms with Gasteiger partial charge in [-0.15, -0.1) is 0 Å². The SMILES string of the molecule is CCOc1ccc(C(=O)Nc2ccc(I)c(C)n2)cc1. The number of pyridine rings is 1. The quantitative estimate of drug-likeness (QED) is 0.822. The second-order valence-corrected chi connectivity index (χ2v) is 5.34. The van der Waals surface area contributed by atoms with Gasteiger partial charge in [0.25, 0.3) is 5.91 Å². The van der Waals surface area contributed by atoms with Crippen LogP contribution in [0.2, 0.25) is 0 Å². The molecule has 5 heteroatoms. The second-order valence-electron chi connectivity index (χ2n) is 4.18. The number of halogens is 1. The van der Waals surface area contributed by atoms with E-state index in [1.165, 1.54) is 0 Å². The number of nitrogens with zero attached hydrogens (tertiary/aromatic N) is 1. The minimum Gasteiger partial charge on any atom is -0.494 e. The minimum absolute atomic E-state index is 0.179. The molecule has 0 radical (unpaired) electrons. The van der Waals surface area contributed by atoms with Crippen molar-refractivity contribution in [1.29, 1.82) is 0 Å². The smallest absolute Gasteiger partial charge is 0.256 e. The molecular weight excluding hydrogens is 367 g/mol. The summed E-state index contributed by atoms with van der Waals surface area (Å²) in [6, 6.07) is 10.8. The molecule has 1 N–H and O–H groups in total. The molecule has 1 aromatic heterocycles. The van der Waals surface area contributed by atoms with E-state index in [9.17, 15) is 4.79 Å². The molecule has 1 amide bonds. The average Bonchev–Trinajstić information content (AvgIpc) is 2.44. The van der Waals surface area contributed by atoms with Gasteiger partial charge in [0.15, 0.2) is 0 Å². The summed E-state index contributed by atoms with van der Waals surface area (Å²) < 4.78 is 6.41. The number of amides is 1. The molecule has 20 heavy (non-hydrogen) atoms. The first-order valence-electron chi connectivity index (χ1n) is 6.27. The number of aromatic nitrogens is 1. The number of nitrogens with one attached hydrogen (secondary N) is 1. The monoisotopic (exact) mass is 382 g/mol. The van der Waals surface area contributed by atoms with Crippen molar-refractivity contribution in [3.8, 4) is 5.75 Å². The predicted octanol–water partition coefficient (Wildman–Crippen LogP) is 3.65. The van der Waals surface area contributed by atoms with Crippen LogP contribution >= 0.6 is 22.6 Å². The van der Waals surface area contributed by atoms with Crippen molar-refractivity contribution in [2.45, 2.75) is 13.8 Å². The average molecular weight is 382 g/mol. The van der Waals surface area contributed by atoms with Crippen LogP contribution in [0.4, 0.5) is 5.82 Å². The fourth-order valence-electron chi connectivity index (χ4n) is 1.67. The Bertz CT molecular complexity index is 612. The molecule has 2 rings (SSSR count). The number of ether oxygens (including phenoxy) is 1. The lowest BCUT2D eigenvalue weighted by Crippen LogP contribution is -2.13. The van der Waals surface area contributed by atoms with E-state index in [4.69, 9.17) is 4.74 Å². The molecular formula is C15H15IN2O2. The fourth-order valence-corrected chi connectivity index (χ4v) is 1.97. The third-order valence-electron chi connectivity index (χ3n) is 2.69. The zero-order valence-corrected chi connectivity index (χ0v) is 13.5. The highest BCUT2D eigenvalue weighted by atomic mass is 127. The number of rotatable bonds is 4. The minimum atomic E-state index is -0.179. The van der Waals surface area contributed by atoms with Crippen molar-refractivity contribution < 1.29 is 9.53 Å². The maximum Gasteiger partial charge on any atom is 0.256 e. The Kier molecular flexibility index (Phi) is 4.94. The van der Waals surface area contributed by atoms with Crippen LogP contribution in [0.5, 0.6) is 5.75 Å². The first-order valence-corrected chi connectivity index (χ1v) is 7.35. The van der Waals surface area contributed by atoms with Crippen molar-refractivity contribution >= 4 is 34.3 Å². The van der Waals surface area contributed by atoms with Gasteiger partial charge >= 0.3 is 0 Å². The van der Waals surface area contributed by atoms with Gasteiger partial charge in [0.1, 0.15) is 11.6 Å². The van der Waals surface area contributed by atoms with Gasteiger partial charge < -0.3 is 10.1 Å². The van der Waals surface area contributed by atoms with E-state index in [0.717, 1.165) is 15.0 Å². The number of aryl methyl sites for hydroxylation is 1. The van der Waals surface area contributed by atoms with Crippen molar-refractivity contribution in [2.24, 2.45) is 0 Å². The topological polar surface area (TPSA) is 51.2 Å². The Balaban J connectivity index is 2.09. The first kappa shape index (κ1) is 14.8. The Morgan fingerprint density at radius 3 is 2.55 bits per heavy atom. The van der Waals surface area contributed by atoms with E-state index < -0.39 is 0 Å². The van der Waals surface area contributed by atoms with Gasteiger partial charge in [-0.3, -0.25) is 4.79 Å². The normalized spacial score (nSPS) is 10.2. The number of hydrogen-bond donors (Lipinski definition) is 1. The zero-order chi connectivity index (χ0) is 14.5. The number of carbonyl (C=O) groups is 1. The number of benzene rings is 1. The summed E-state index contributed by atoms with van der Waals surface area (Å²) in [6.07, 6.45) is 0. The Morgan fingerprint density at radius 2 is 1.95 bits per heavy atom. The number of carbonyl (C=O) groups excluding carboxylic acids is 1. The van der Waals surface area contributed by atoms with E-state index in [-0.39, 0.29) is 5.91 Å². The third-order valence-corrected chi connectivity index (χ3v) is 3.83. The van der Waals surface area contributed by atoms with Gasteiger partial charge in [-0.1, -0.05) is 0 Å². The number of hydrogen-bond acceptors (Lipinski definition) is 3. The summed E-state index contributed by atoms with van der Waals surface area (Å²) in [5, 5.41) is 2.78. The lowest BCUT2D eigenvalue weighted by Gasteiger charge is -2.07. The first-order chi connectivity index (χ1) is 9.60. The van der Waals surface area contributed by atoms with E-state index in [1.807, 2.05) is 19.9 Å². The van der Waals surface area contributed by atoms with Crippen LogP contribution in [0.1, 0.15) is 23.0 Å². The highest BCUT2D eigenvalue weighted by molar-refractivity contribution is 14.1. The molecule has 0 unspecified atom stereocenters. The summed E-state index contributed by atoms with van der Waals surface area (Å²) in [4.78, 5) is 16.4. The van der Waals surface area contributed by atoms with Crippen molar-refractivity contribution in [1.82, 2.24) is 4.98 Å². The molecule has 0 saturated carbocycles.